The van der Waals surface area contributed by atoms with Gasteiger partial charge in [0.1, 0.15) is 10.9 Å². The molecule has 1 unspecified atom stereocenters. The molecule has 3 N–H and O–H groups in total. The molecule has 5 aromatic carbocycles. The molecule has 48 heavy (non-hydrogen) atoms. The number of anilines is 2. The summed E-state index contributed by atoms with van der Waals surface area (Å²) >= 11 is 4.78. The number of ether oxygens (including phenoxy) is 2. The molecule has 10 heteroatoms. The van der Waals surface area contributed by atoms with Crippen molar-refractivity contribution >= 4 is 62.9 Å². The van der Waals surface area contributed by atoms with Crippen LogP contribution in [-0.2, 0) is 9.59 Å². The monoisotopic (exact) mass is 721 g/mol. The highest BCUT2D eigenvalue weighted by molar-refractivity contribution is 9.10. The molecule has 242 valence electrons. The number of para-hydroxylation sites is 1. The van der Waals surface area contributed by atoms with Crippen LogP contribution >= 0.6 is 27.7 Å². The number of thioether (sulfide) groups is 1. The molecule has 0 fully saturated rings. The van der Waals surface area contributed by atoms with E-state index >= 15 is 0 Å². The van der Waals surface area contributed by atoms with Gasteiger partial charge >= 0.3 is 0 Å². The number of nitrogens with one attached hydrogen (secondary N) is 3. The van der Waals surface area contributed by atoms with Crippen LogP contribution < -0.4 is 25.4 Å². The predicted molar refractivity (Wildman–Crippen MR) is 194 cm³/mol. The van der Waals surface area contributed by atoms with Crippen LogP contribution in [0.2, 0.25) is 0 Å². The lowest BCUT2D eigenvalue weighted by Gasteiger charge is -2.18. The SMILES string of the molecule is COc1cccc(/C=C(/NC(=O)c2ccccc2)C(=O)Nc2cccc(SC(C(=O)Nc3ccc(Br)cc3)c3ccccc3)c2)c1OC. The van der Waals surface area contributed by atoms with Gasteiger partial charge in [0.15, 0.2) is 11.5 Å². The quantitative estimate of drug-likeness (QED) is 0.0884. The topological polar surface area (TPSA) is 106 Å². The van der Waals surface area contributed by atoms with E-state index < -0.39 is 17.1 Å². The van der Waals surface area contributed by atoms with Gasteiger partial charge in [-0.3, -0.25) is 14.4 Å². The molecule has 0 aliphatic heterocycles. The Morgan fingerprint density at radius 2 is 1.42 bits per heavy atom. The van der Waals surface area contributed by atoms with Crippen molar-refractivity contribution in [2.75, 3.05) is 24.9 Å². The number of carbonyl (C=O) groups is 3. The van der Waals surface area contributed by atoms with Gasteiger partial charge in [0.2, 0.25) is 5.91 Å². The van der Waals surface area contributed by atoms with E-state index in [1.54, 1.807) is 66.7 Å². The summed E-state index contributed by atoms with van der Waals surface area (Å²) in [5.41, 5.74) is 2.89. The molecule has 0 spiro atoms. The van der Waals surface area contributed by atoms with E-state index in [1.807, 2.05) is 60.7 Å². The lowest BCUT2D eigenvalue weighted by Crippen LogP contribution is -2.30. The summed E-state index contributed by atoms with van der Waals surface area (Å²) in [6, 6.07) is 37.9. The molecule has 3 amide bonds. The largest absolute Gasteiger partial charge is 0.493 e. The van der Waals surface area contributed by atoms with E-state index in [0.717, 1.165) is 14.9 Å². The minimum Gasteiger partial charge on any atom is -0.493 e. The van der Waals surface area contributed by atoms with E-state index in [-0.39, 0.29) is 11.6 Å². The van der Waals surface area contributed by atoms with Gasteiger partial charge in [-0.15, -0.1) is 11.8 Å². The number of rotatable bonds is 12. The molecule has 0 aliphatic rings. The molecule has 1 atom stereocenters. The summed E-state index contributed by atoms with van der Waals surface area (Å²) in [6.07, 6.45) is 1.54. The van der Waals surface area contributed by atoms with Crippen molar-refractivity contribution in [3.05, 3.63) is 154 Å². The average Bonchev–Trinajstić information content (AvgIpc) is 3.12. The molecule has 5 rings (SSSR count). The van der Waals surface area contributed by atoms with E-state index in [2.05, 4.69) is 31.9 Å². The van der Waals surface area contributed by atoms with Crippen LogP contribution in [0.15, 0.2) is 142 Å². The van der Waals surface area contributed by atoms with E-state index in [0.29, 0.717) is 34.0 Å². The lowest BCUT2D eigenvalue weighted by atomic mass is 10.1. The summed E-state index contributed by atoms with van der Waals surface area (Å²) in [5.74, 6) is -0.318. The van der Waals surface area contributed by atoms with Gasteiger partial charge in [-0.2, -0.15) is 0 Å². The van der Waals surface area contributed by atoms with Gasteiger partial charge < -0.3 is 25.4 Å². The Morgan fingerprint density at radius 3 is 2.10 bits per heavy atom. The Labute approximate surface area is 291 Å². The molecule has 0 bridgehead atoms. The van der Waals surface area contributed by atoms with Gasteiger partial charge in [0.05, 0.1) is 14.2 Å². The van der Waals surface area contributed by atoms with Gasteiger partial charge in [0.25, 0.3) is 11.8 Å². The second-order valence-corrected chi connectivity index (χ2v) is 12.4. The molecule has 5 aromatic rings. The lowest BCUT2D eigenvalue weighted by molar-refractivity contribution is -0.116. The van der Waals surface area contributed by atoms with E-state index in [4.69, 9.17) is 9.47 Å². The maximum Gasteiger partial charge on any atom is 0.272 e. The molecule has 0 heterocycles. The Morgan fingerprint density at radius 1 is 0.729 bits per heavy atom. The summed E-state index contributed by atoms with van der Waals surface area (Å²) in [6.45, 7) is 0. The van der Waals surface area contributed by atoms with Crippen LogP contribution in [0.25, 0.3) is 6.08 Å². The molecule has 0 saturated carbocycles. The third-order valence-electron chi connectivity index (χ3n) is 7.06. The molecular formula is C38H32BrN3O5S. The van der Waals surface area contributed by atoms with Crippen molar-refractivity contribution < 1.29 is 23.9 Å². The Balaban J connectivity index is 1.41. The fourth-order valence-corrected chi connectivity index (χ4v) is 6.09. The van der Waals surface area contributed by atoms with Crippen molar-refractivity contribution in [1.82, 2.24) is 5.32 Å². The van der Waals surface area contributed by atoms with Crippen LogP contribution in [0.5, 0.6) is 11.5 Å². The van der Waals surface area contributed by atoms with Crippen molar-refractivity contribution in [3.63, 3.8) is 0 Å². The zero-order chi connectivity index (χ0) is 33.9. The predicted octanol–water partition coefficient (Wildman–Crippen LogP) is 8.35. The van der Waals surface area contributed by atoms with Crippen LogP contribution in [0, 0.1) is 0 Å². The minimum absolute atomic E-state index is 0.00972. The number of carbonyl (C=O) groups excluding carboxylic acids is 3. The second-order valence-electron chi connectivity index (χ2n) is 10.3. The molecule has 0 saturated heterocycles. The van der Waals surface area contributed by atoms with Crippen LogP contribution in [0.1, 0.15) is 26.7 Å². The zero-order valence-electron chi connectivity index (χ0n) is 26.1. The number of methoxy groups -OCH3 is 2. The molecule has 0 radical (unpaired) electrons. The molecule has 0 aromatic heterocycles. The maximum absolute atomic E-state index is 13.8. The first-order chi connectivity index (χ1) is 23.3. The zero-order valence-corrected chi connectivity index (χ0v) is 28.5. The number of hydrogen-bond donors (Lipinski definition) is 3. The van der Waals surface area contributed by atoms with Crippen molar-refractivity contribution in [2.24, 2.45) is 0 Å². The third kappa shape index (κ3) is 8.93. The highest BCUT2D eigenvalue weighted by Crippen LogP contribution is 2.37. The first-order valence-corrected chi connectivity index (χ1v) is 16.5. The van der Waals surface area contributed by atoms with Crippen molar-refractivity contribution in [1.29, 1.82) is 0 Å². The van der Waals surface area contributed by atoms with Gasteiger partial charge in [-0.05, 0) is 72.3 Å². The molecular weight excluding hydrogens is 690 g/mol. The summed E-state index contributed by atoms with van der Waals surface area (Å²) in [7, 11) is 3.02. The van der Waals surface area contributed by atoms with E-state index in [1.165, 1.54) is 32.1 Å². The molecule has 0 aliphatic carbocycles. The minimum atomic E-state index is -0.582. The summed E-state index contributed by atoms with van der Waals surface area (Å²) in [4.78, 5) is 41.3. The Kier molecular flexibility index (Phi) is 11.7. The maximum atomic E-state index is 13.8. The number of halogens is 1. The van der Waals surface area contributed by atoms with Gasteiger partial charge in [0, 0.05) is 31.9 Å². The van der Waals surface area contributed by atoms with Crippen molar-refractivity contribution in [2.45, 2.75) is 10.1 Å². The highest BCUT2D eigenvalue weighted by atomic mass is 79.9. The fraction of sp³-hybridized carbons (Fsp3) is 0.0789. The van der Waals surface area contributed by atoms with E-state index in [9.17, 15) is 14.4 Å². The fourth-order valence-electron chi connectivity index (χ4n) is 4.75. The van der Waals surface area contributed by atoms with Gasteiger partial charge in [-0.25, -0.2) is 0 Å². The number of benzene rings is 5. The summed E-state index contributed by atoms with van der Waals surface area (Å²) < 4.78 is 11.9. The second kappa shape index (κ2) is 16.5. The average molecular weight is 723 g/mol. The number of hydrogen-bond acceptors (Lipinski definition) is 6. The van der Waals surface area contributed by atoms with Crippen LogP contribution in [-0.4, -0.2) is 31.9 Å². The Hall–Kier alpha value is -5.32. The van der Waals surface area contributed by atoms with Crippen molar-refractivity contribution in [3.8, 4) is 11.5 Å². The summed E-state index contributed by atoms with van der Waals surface area (Å²) in [5, 5.41) is 8.08. The Bertz CT molecular complexity index is 1920. The van der Waals surface area contributed by atoms with Gasteiger partial charge in [-0.1, -0.05) is 82.7 Å². The third-order valence-corrected chi connectivity index (χ3v) is 8.84. The number of amides is 3. The normalized spacial score (nSPS) is 11.6. The highest BCUT2D eigenvalue weighted by Gasteiger charge is 2.23. The van der Waals surface area contributed by atoms with Crippen LogP contribution in [0.3, 0.4) is 0 Å². The first-order valence-electron chi connectivity index (χ1n) is 14.8. The smallest absolute Gasteiger partial charge is 0.272 e. The molecule has 8 nitrogen and oxygen atoms in total. The first kappa shape index (κ1) is 34.0. The van der Waals surface area contributed by atoms with Crippen LogP contribution in [0.4, 0.5) is 11.4 Å². The standard InChI is InChI=1S/C38H32BrN3O5S/c1-46-33-18-9-15-27(34(33)47-2)23-32(42-36(43)26-13-7-4-8-14-26)37(44)41-30-16-10-17-31(24-30)48-35(25-11-5-3-6-12-25)38(45)40-29-21-19-28(39)20-22-29/h3-24,35H,1-2H3,(H,40,45)(H,41,44)(H,42,43)/b32-23+.